The summed E-state index contributed by atoms with van der Waals surface area (Å²) in [6, 6.07) is 1.70. The van der Waals surface area contributed by atoms with E-state index in [0.29, 0.717) is 11.6 Å². The predicted octanol–water partition coefficient (Wildman–Crippen LogP) is 2.06. The molecule has 0 saturated heterocycles. The molecule has 2 rings (SSSR count). The summed E-state index contributed by atoms with van der Waals surface area (Å²) in [6.07, 6.45) is 3.35. The van der Waals surface area contributed by atoms with Crippen LogP contribution in [0.5, 0.6) is 0 Å². The van der Waals surface area contributed by atoms with Crippen LogP contribution >= 0.6 is 15.9 Å². The van der Waals surface area contributed by atoms with E-state index in [9.17, 15) is 4.79 Å². The molecule has 0 spiro atoms. The molecule has 5 nitrogen and oxygen atoms in total. The minimum Gasteiger partial charge on any atom is -0.356 e. The lowest BCUT2D eigenvalue weighted by molar-refractivity contribution is 0.102. The van der Waals surface area contributed by atoms with E-state index in [1.807, 2.05) is 6.92 Å². The van der Waals surface area contributed by atoms with Crippen LogP contribution in [0.2, 0.25) is 0 Å². The maximum absolute atomic E-state index is 11.6. The standard InChI is InChI=1S/C9H9BrN4O/c1-5-3-12-9(13-5)14-8(15)7-2-6(10)4-11-7/h2-4,11H,1H3,(H2,12,13,14,15). The molecule has 0 aliphatic carbocycles. The molecular weight excluding hydrogens is 260 g/mol. The summed E-state index contributed by atoms with van der Waals surface area (Å²) < 4.78 is 0.836. The molecule has 3 N–H and O–H groups in total. The van der Waals surface area contributed by atoms with Gasteiger partial charge < -0.3 is 9.97 Å². The number of halogens is 1. The van der Waals surface area contributed by atoms with Gasteiger partial charge in [-0.1, -0.05) is 0 Å². The number of carbonyl (C=O) groups excluding carboxylic acids is 1. The first-order valence-corrected chi connectivity index (χ1v) is 5.11. The van der Waals surface area contributed by atoms with Gasteiger partial charge in [0.05, 0.1) is 0 Å². The van der Waals surface area contributed by atoms with Gasteiger partial charge in [-0.05, 0) is 28.9 Å². The molecule has 2 heterocycles. The Morgan fingerprint density at radius 2 is 2.40 bits per heavy atom. The molecule has 2 aromatic heterocycles. The molecule has 2 aromatic rings. The average molecular weight is 269 g/mol. The number of carbonyl (C=O) groups is 1. The van der Waals surface area contributed by atoms with Crippen LogP contribution in [0.4, 0.5) is 5.95 Å². The highest BCUT2D eigenvalue weighted by molar-refractivity contribution is 9.10. The maximum atomic E-state index is 11.6. The maximum Gasteiger partial charge on any atom is 0.274 e. The highest BCUT2D eigenvalue weighted by atomic mass is 79.9. The Hall–Kier alpha value is -1.56. The Balaban J connectivity index is 2.10. The van der Waals surface area contributed by atoms with Crippen LogP contribution in [0.3, 0.4) is 0 Å². The summed E-state index contributed by atoms with van der Waals surface area (Å²) >= 11 is 3.26. The van der Waals surface area contributed by atoms with Crippen LogP contribution in [-0.4, -0.2) is 20.9 Å². The van der Waals surface area contributed by atoms with Gasteiger partial charge in [0.25, 0.3) is 5.91 Å². The minimum absolute atomic E-state index is 0.227. The number of aryl methyl sites for hydroxylation is 1. The van der Waals surface area contributed by atoms with Gasteiger partial charge in [-0.3, -0.25) is 10.1 Å². The highest BCUT2D eigenvalue weighted by Gasteiger charge is 2.09. The molecule has 0 radical (unpaired) electrons. The lowest BCUT2D eigenvalue weighted by Crippen LogP contribution is -2.13. The number of imidazole rings is 1. The third kappa shape index (κ3) is 2.27. The predicted molar refractivity (Wildman–Crippen MR) is 59.8 cm³/mol. The quantitative estimate of drug-likeness (QED) is 0.780. The van der Waals surface area contributed by atoms with Gasteiger partial charge in [-0.25, -0.2) is 4.98 Å². The molecular formula is C9H9BrN4O. The van der Waals surface area contributed by atoms with E-state index in [1.54, 1.807) is 18.5 Å². The normalized spacial score (nSPS) is 10.3. The van der Waals surface area contributed by atoms with Crippen LogP contribution in [0, 0.1) is 6.92 Å². The van der Waals surface area contributed by atoms with Gasteiger partial charge in [0.15, 0.2) is 0 Å². The van der Waals surface area contributed by atoms with Crippen molar-refractivity contribution >= 4 is 27.8 Å². The summed E-state index contributed by atoms with van der Waals surface area (Å²) in [5, 5.41) is 2.63. The zero-order chi connectivity index (χ0) is 10.8. The van der Waals surface area contributed by atoms with Crippen LogP contribution in [0.15, 0.2) is 22.9 Å². The number of H-pyrrole nitrogens is 2. The van der Waals surface area contributed by atoms with Crippen molar-refractivity contribution in [2.75, 3.05) is 5.32 Å². The van der Waals surface area contributed by atoms with Gasteiger partial charge >= 0.3 is 0 Å². The molecule has 0 saturated carbocycles. The number of rotatable bonds is 2. The second-order valence-electron chi connectivity index (χ2n) is 3.10. The zero-order valence-corrected chi connectivity index (χ0v) is 9.55. The molecule has 15 heavy (non-hydrogen) atoms. The topological polar surface area (TPSA) is 73.6 Å². The van der Waals surface area contributed by atoms with Gasteiger partial charge in [-0.15, -0.1) is 0 Å². The summed E-state index contributed by atoms with van der Waals surface area (Å²) in [5.41, 5.74) is 1.38. The molecule has 0 atom stereocenters. The minimum atomic E-state index is -0.227. The zero-order valence-electron chi connectivity index (χ0n) is 7.97. The Kier molecular flexibility index (Phi) is 2.59. The summed E-state index contributed by atoms with van der Waals surface area (Å²) in [5.74, 6) is 0.221. The van der Waals surface area contributed by atoms with E-state index in [4.69, 9.17) is 0 Å². The van der Waals surface area contributed by atoms with E-state index < -0.39 is 0 Å². The number of anilines is 1. The first-order valence-electron chi connectivity index (χ1n) is 4.32. The lowest BCUT2D eigenvalue weighted by Gasteiger charge is -1.98. The van der Waals surface area contributed by atoms with Crippen molar-refractivity contribution in [3.63, 3.8) is 0 Å². The molecule has 0 bridgehead atoms. The lowest BCUT2D eigenvalue weighted by atomic mass is 10.4. The number of hydrogen-bond donors (Lipinski definition) is 3. The smallest absolute Gasteiger partial charge is 0.274 e. The molecule has 0 fully saturated rings. The van der Waals surface area contributed by atoms with E-state index >= 15 is 0 Å². The van der Waals surface area contributed by atoms with Crippen molar-refractivity contribution in [2.45, 2.75) is 6.92 Å². The number of amides is 1. The number of nitrogens with zero attached hydrogens (tertiary/aromatic N) is 1. The molecule has 0 unspecified atom stereocenters. The van der Waals surface area contributed by atoms with E-state index in [1.165, 1.54) is 0 Å². The van der Waals surface area contributed by atoms with Gasteiger partial charge in [0.2, 0.25) is 5.95 Å². The number of nitrogens with one attached hydrogen (secondary N) is 3. The molecule has 0 aliphatic rings. The Morgan fingerprint density at radius 3 is 2.93 bits per heavy atom. The molecule has 78 valence electrons. The second-order valence-corrected chi connectivity index (χ2v) is 4.02. The van der Waals surface area contributed by atoms with E-state index in [2.05, 4.69) is 36.2 Å². The first-order chi connectivity index (χ1) is 7.15. The summed E-state index contributed by atoms with van der Waals surface area (Å²) in [4.78, 5) is 21.3. The molecule has 1 amide bonds. The first kappa shape index (κ1) is 9.97. The molecule has 6 heteroatoms. The van der Waals surface area contributed by atoms with Gasteiger partial charge in [-0.2, -0.15) is 0 Å². The highest BCUT2D eigenvalue weighted by Crippen LogP contribution is 2.11. The molecule has 0 aliphatic heterocycles. The van der Waals surface area contributed by atoms with Crippen LogP contribution in [0.1, 0.15) is 16.2 Å². The van der Waals surface area contributed by atoms with Crippen LogP contribution in [0.25, 0.3) is 0 Å². The fourth-order valence-electron chi connectivity index (χ4n) is 1.15. The number of aromatic nitrogens is 3. The number of hydrogen-bond acceptors (Lipinski definition) is 2. The molecule has 0 aromatic carbocycles. The van der Waals surface area contributed by atoms with Crippen LogP contribution in [-0.2, 0) is 0 Å². The van der Waals surface area contributed by atoms with Crippen molar-refractivity contribution in [2.24, 2.45) is 0 Å². The monoisotopic (exact) mass is 268 g/mol. The summed E-state index contributed by atoms with van der Waals surface area (Å²) in [7, 11) is 0. The van der Waals surface area contributed by atoms with Crippen molar-refractivity contribution in [3.8, 4) is 0 Å². The van der Waals surface area contributed by atoms with Gasteiger partial charge in [0.1, 0.15) is 5.69 Å². The van der Waals surface area contributed by atoms with Gasteiger partial charge in [0, 0.05) is 22.6 Å². The Labute approximate surface area is 94.4 Å². The second kappa shape index (κ2) is 3.90. The third-order valence-corrected chi connectivity index (χ3v) is 2.29. The van der Waals surface area contributed by atoms with Crippen molar-refractivity contribution in [1.29, 1.82) is 0 Å². The summed E-state index contributed by atoms with van der Waals surface area (Å²) in [6.45, 7) is 1.87. The third-order valence-electron chi connectivity index (χ3n) is 1.83. The SMILES string of the molecule is Cc1cnc(NC(=O)c2cc(Br)c[nH]2)[nH]1. The fraction of sp³-hybridized carbons (Fsp3) is 0.111. The van der Waals surface area contributed by atoms with Crippen molar-refractivity contribution in [1.82, 2.24) is 15.0 Å². The Bertz CT molecular complexity index is 488. The average Bonchev–Trinajstić information content (AvgIpc) is 2.75. The number of aromatic amines is 2. The largest absolute Gasteiger partial charge is 0.356 e. The van der Waals surface area contributed by atoms with Crippen molar-refractivity contribution in [3.05, 3.63) is 34.3 Å². The Morgan fingerprint density at radius 1 is 1.60 bits per heavy atom. The van der Waals surface area contributed by atoms with E-state index in [-0.39, 0.29) is 5.91 Å². The van der Waals surface area contributed by atoms with Crippen molar-refractivity contribution < 1.29 is 4.79 Å². The van der Waals surface area contributed by atoms with Crippen LogP contribution < -0.4 is 5.32 Å². The fourth-order valence-corrected chi connectivity index (χ4v) is 1.49. The van der Waals surface area contributed by atoms with E-state index in [0.717, 1.165) is 10.2 Å².